The third kappa shape index (κ3) is 1.99. The number of hydrogen-bond donors (Lipinski definition) is 1. The fraction of sp³-hybridized carbons (Fsp3) is 0.615. The Morgan fingerprint density at radius 3 is 2.90 bits per heavy atom. The van der Waals surface area contributed by atoms with Crippen molar-refractivity contribution in [2.24, 2.45) is 0 Å². The van der Waals surface area contributed by atoms with Gasteiger partial charge in [-0.1, -0.05) is 0 Å². The maximum Gasteiger partial charge on any atom is 0.223 e. The van der Waals surface area contributed by atoms with Gasteiger partial charge in [0, 0.05) is 28.9 Å². The number of halogens is 1. The summed E-state index contributed by atoms with van der Waals surface area (Å²) in [6.45, 7) is 4.14. The molecule has 3 heterocycles. The molecule has 1 N–H and O–H groups in total. The van der Waals surface area contributed by atoms with E-state index in [0.29, 0.717) is 27.4 Å². The van der Waals surface area contributed by atoms with Crippen LogP contribution in [0.25, 0.3) is 0 Å². The van der Waals surface area contributed by atoms with Gasteiger partial charge in [0.1, 0.15) is 17.7 Å². The Bertz CT molecular complexity index is 571. The number of fused-ring (bicyclic) bond motifs is 1. The fourth-order valence-electron chi connectivity index (χ4n) is 2.90. The number of rotatable bonds is 1. The SMILES string of the molecule is CC1(C)Oc2cc(Br)[s+]([O-])c2C(N2CCCC2=O)C1O. The predicted octanol–water partition coefficient (Wildman–Crippen LogP) is 2.37. The van der Waals surface area contributed by atoms with Crippen molar-refractivity contribution in [1.82, 2.24) is 4.90 Å². The minimum atomic E-state index is -1.40. The van der Waals surface area contributed by atoms with Gasteiger partial charge >= 0.3 is 0 Å². The van der Waals surface area contributed by atoms with Crippen molar-refractivity contribution in [2.75, 3.05) is 6.54 Å². The van der Waals surface area contributed by atoms with E-state index in [2.05, 4.69) is 15.9 Å². The summed E-state index contributed by atoms with van der Waals surface area (Å²) in [6.07, 6.45) is 0.348. The zero-order valence-corrected chi connectivity index (χ0v) is 13.7. The monoisotopic (exact) mass is 361 g/mol. The normalized spacial score (nSPS) is 29.4. The first kappa shape index (κ1) is 14.3. The molecule has 3 atom stereocenters. The molecule has 110 valence electrons. The smallest absolute Gasteiger partial charge is 0.223 e. The number of aliphatic hydroxyl groups excluding tert-OH is 1. The molecule has 1 saturated heterocycles. The average Bonchev–Trinajstić information content (AvgIpc) is 2.88. The molecule has 20 heavy (non-hydrogen) atoms. The second-order valence-corrected chi connectivity index (χ2v) is 8.53. The van der Waals surface area contributed by atoms with Crippen LogP contribution in [0.5, 0.6) is 5.75 Å². The Morgan fingerprint density at radius 2 is 2.30 bits per heavy atom. The molecule has 2 aliphatic heterocycles. The topological polar surface area (TPSA) is 72.8 Å². The van der Waals surface area contributed by atoms with Crippen molar-refractivity contribution < 1.29 is 19.2 Å². The van der Waals surface area contributed by atoms with Gasteiger partial charge in [0.05, 0.1) is 6.07 Å². The Hall–Kier alpha value is -0.630. The molecule has 1 aromatic rings. The Kier molecular flexibility index (Phi) is 3.36. The Labute approximate surface area is 128 Å². The molecule has 7 heteroatoms. The molecular weight excluding hydrogens is 346 g/mol. The van der Waals surface area contributed by atoms with Crippen molar-refractivity contribution in [3.63, 3.8) is 0 Å². The van der Waals surface area contributed by atoms with Gasteiger partial charge in [-0.05, 0) is 31.0 Å². The van der Waals surface area contributed by atoms with Crippen LogP contribution in [0, 0.1) is 0 Å². The second kappa shape index (κ2) is 4.69. The standard InChI is InChI=1S/C13H16BrNO4S/c1-13(2)12(17)10(15-5-3-4-9(15)16)11-7(19-13)6-8(14)20(11)18/h6,10,12,17H,3-5H2,1-2H3. The minimum absolute atomic E-state index is 0.00128. The highest BCUT2D eigenvalue weighted by atomic mass is 79.9. The van der Waals surface area contributed by atoms with Crippen molar-refractivity contribution >= 4 is 32.6 Å². The lowest BCUT2D eigenvalue weighted by atomic mass is 9.90. The van der Waals surface area contributed by atoms with Crippen LogP contribution < -0.4 is 4.74 Å². The van der Waals surface area contributed by atoms with Gasteiger partial charge in [-0.3, -0.25) is 4.79 Å². The predicted molar refractivity (Wildman–Crippen MR) is 77.2 cm³/mol. The average molecular weight is 362 g/mol. The molecule has 1 aromatic heterocycles. The van der Waals surface area contributed by atoms with Crippen molar-refractivity contribution in [3.8, 4) is 5.75 Å². The van der Waals surface area contributed by atoms with Gasteiger partial charge in [0.15, 0.2) is 5.75 Å². The maximum atomic E-state index is 12.4. The summed E-state index contributed by atoms with van der Waals surface area (Å²) >= 11 is 3.26. The number of aliphatic hydroxyl groups is 1. The first-order chi connectivity index (χ1) is 9.33. The molecule has 0 saturated carbocycles. The summed E-state index contributed by atoms with van der Waals surface area (Å²) in [7, 11) is -1.40. The third-order valence-corrected chi connectivity index (χ3v) is 6.39. The summed E-state index contributed by atoms with van der Waals surface area (Å²) in [5, 5.41) is 10.6. The molecule has 1 fully saturated rings. The van der Waals surface area contributed by atoms with Crippen LogP contribution in [0.4, 0.5) is 0 Å². The van der Waals surface area contributed by atoms with Gasteiger partial charge < -0.3 is 19.3 Å². The Morgan fingerprint density at radius 1 is 1.60 bits per heavy atom. The molecular formula is C13H16BrNO4S. The van der Waals surface area contributed by atoms with Gasteiger partial charge in [-0.15, -0.1) is 0 Å². The number of likely N-dealkylation sites (tertiary alicyclic amines) is 1. The molecule has 2 aliphatic rings. The van der Waals surface area contributed by atoms with Crippen LogP contribution in [0.3, 0.4) is 0 Å². The zero-order chi connectivity index (χ0) is 14.7. The molecule has 0 radical (unpaired) electrons. The van der Waals surface area contributed by atoms with E-state index >= 15 is 0 Å². The first-order valence-electron chi connectivity index (χ1n) is 6.52. The van der Waals surface area contributed by atoms with Gasteiger partial charge in [0.25, 0.3) is 0 Å². The van der Waals surface area contributed by atoms with E-state index in [9.17, 15) is 14.5 Å². The summed E-state index contributed by atoms with van der Waals surface area (Å²) < 4.78 is 18.7. The lowest BCUT2D eigenvalue weighted by molar-refractivity contribution is -0.139. The van der Waals surface area contributed by atoms with Crippen LogP contribution in [0.15, 0.2) is 9.85 Å². The second-order valence-electron chi connectivity index (χ2n) is 5.73. The summed E-state index contributed by atoms with van der Waals surface area (Å²) in [5.41, 5.74) is -0.829. The maximum absolute atomic E-state index is 12.4. The van der Waals surface area contributed by atoms with E-state index in [4.69, 9.17) is 4.74 Å². The summed E-state index contributed by atoms with van der Waals surface area (Å²) in [4.78, 5) is 14.2. The molecule has 0 bridgehead atoms. The highest BCUT2D eigenvalue weighted by molar-refractivity contribution is 9.11. The molecule has 0 spiro atoms. The van der Waals surface area contributed by atoms with Crippen molar-refractivity contribution in [2.45, 2.75) is 44.4 Å². The number of nitrogens with zero attached hydrogens (tertiary/aromatic N) is 1. The van der Waals surface area contributed by atoms with E-state index in [0.717, 1.165) is 6.42 Å². The van der Waals surface area contributed by atoms with Crippen molar-refractivity contribution in [3.05, 3.63) is 14.7 Å². The minimum Gasteiger partial charge on any atom is -0.589 e. The first-order valence-corrected chi connectivity index (χ1v) is 8.47. The number of carbonyl (C=O) groups excluding carboxylic acids is 1. The fourth-order valence-corrected chi connectivity index (χ4v) is 4.82. The number of carbonyl (C=O) groups is 1. The van der Waals surface area contributed by atoms with E-state index in [-0.39, 0.29) is 5.91 Å². The highest BCUT2D eigenvalue weighted by Gasteiger charge is 2.52. The summed E-state index contributed by atoms with van der Waals surface area (Å²) in [5.74, 6) is 0.508. The van der Waals surface area contributed by atoms with E-state index in [1.165, 1.54) is 0 Å². The van der Waals surface area contributed by atoms with Crippen LogP contribution in [-0.2, 0) is 4.79 Å². The molecule has 5 nitrogen and oxygen atoms in total. The van der Waals surface area contributed by atoms with Gasteiger partial charge in [-0.2, -0.15) is 0 Å². The number of hydrogen-bond acceptors (Lipinski definition) is 4. The number of ether oxygens (including phenoxy) is 1. The van der Waals surface area contributed by atoms with Crippen LogP contribution in [-0.4, -0.2) is 38.7 Å². The molecule has 0 aliphatic carbocycles. The highest BCUT2D eigenvalue weighted by Crippen LogP contribution is 2.52. The largest absolute Gasteiger partial charge is 0.589 e. The molecule has 0 aromatic carbocycles. The van der Waals surface area contributed by atoms with Crippen LogP contribution >= 0.6 is 26.7 Å². The quantitative estimate of drug-likeness (QED) is 0.779. The van der Waals surface area contributed by atoms with E-state index in [1.54, 1.807) is 24.8 Å². The molecule has 1 amide bonds. The molecule has 3 rings (SSSR count). The number of thiophene rings is 1. The van der Waals surface area contributed by atoms with Gasteiger partial charge in [0.2, 0.25) is 14.6 Å². The van der Waals surface area contributed by atoms with Crippen LogP contribution in [0.2, 0.25) is 0 Å². The number of amides is 1. The third-order valence-electron chi connectivity index (χ3n) is 3.96. The van der Waals surface area contributed by atoms with Crippen molar-refractivity contribution in [1.29, 1.82) is 0 Å². The lowest BCUT2D eigenvalue weighted by Gasteiger charge is -2.42. The van der Waals surface area contributed by atoms with Gasteiger partial charge in [-0.25, -0.2) is 0 Å². The van der Waals surface area contributed by atoms with E-state index < -0.39 is 28.5 Å². The van der Waals surface area contributed by atoms with E-state index in [1.807, 2.05) is 0 Å². The zero-order valence-electron chi connectivity index (χ0n) is 11.3. The van der Waals surface area contributed by atoms with Crippen LogP contribution in [0.1, 0.15) is 37.6 Å². The Balaban J connectivity index is 2.13. The lowest BCUT2D eigenvalue weighted by Crippen LogP contribution is -2.53. The summed E-state index contributed by atoms with van der Waals surface area (Å²) in [6, 6.07) is 1.10. The molecule has 3 unspecified atom stereocenters.